The highest BCUT2D eigenvalue weighted by Crippen LogP contribution is 2.45. The number of piperidine rings is 1. The summed E-state index contributed by atoms with van der Waals surface area (Å²) in [7, 11) is 3.21. The van der Waals surface area contributed by atoms with Gasteiger partial charge in [0, 0.05) is 67.6 Å². The van der Waals surface area contributed by atoms with Crippen molar-refractivity contribution in [2.75, 3.05) is 71.9 Å². The van der Waals surface area contributed by atoms with Gasteiger partial charge in [-0.1, -0.05) is 47.8 Å². The molecule has 214 valence electrons. The number of piperazine rings is 1. The largest absolute Gasteiger partial charge is 0.383 e. The topological polar surface area (TPSA) is 91.1 Å². The molecule has 3 N–H and O–H groups in total. The molecule has 8 nitrogen and oxygen atoms in total. The van der Waals surface area contributed by atoms with Crippen LogP contribution in [-0.4, -0.2) is 93.6 Å². The predicted molar refractivity (Wildman–Crippen MR) is 158 cm³/mol. The van der Waals surface area contributed by atoms with Gasteiger partial charge in [-0.3, -0.25) is 19.4 Å². The normalized spacial score (nSPS) is 21.2. The third-order valence-electron chi connectivity index (χ3n) is 7.46. The fourth-order valence-corrected chi connectivity index (χ4v) is 5.85. The second-order valence-corrected chi connectivity index (χ2v) is 10.7. The predicted octanol–water partition coefficient (Wildman–Crippen LogP) is 3.85. The van der Waals surface area contributed by atoms with E-state index in [2.05, 4.69) is 20.9 Å². The van der Waals surface area contributed by atoms with E-state index in [9.17, 15) is 9.59 Å². The number of halogens is 2. The Hall–Kier alpha value is -2.20. The molecule has 1 atom stereocenters. The Morgan fingerprint density at radius 1 is 0.974 bits per heavy atom. The SMILES string of the molecule is CN.COCCN1CCN(C=O)CC1.O=C1Nc2cc(Cl)ccc2C1(Cc1cccc(Cl)c1)N1CCCCC1. The number of nitrogens with one attached hydrogen (secondary N) is 1. The molecule has 5 rings (SSSR count). The second-order valence-electron chi connectivity index (χ2n) is 9.83. The van der Waals surface area contributed by atoms with Crippen molar-refractivity contribution < 1.29 is 14.3 Å². The molecule has 0 aromatic heterocycles. The van der Waals surface area contributed by atoms with Gasteiger partial charge < -0.3 is 20.7 Å². The number of methoxy groups -OCH3 is 1. The zero-order valence-electron chi connectivity index (χ0n) is 23.0. The van der Waals surface area contributed by atoms with Crippen LogP contribution in [-0.2, 0) is 26.3 Å². The highest BCUT2D eigenvalue weighted by Gasteiger charge is 2.51. The lowest BCUT2D eigenvalue weighted by atomic mass is 9.82. The summed E-state index contributed by atoms with van der Waals surface area (Å²) in [5, 5.41) is 4.39. The number of carbonyl (C=O) groups excluding carboxylic acids is 2. The number of hydrogen-bond donors (Lipinski definition) is 2. The van der Waals surface area contributed by atoms with Gasteiger partial charge >= 0.3 is 0 Å². The number of anilines is 1. The van der Waals surface area contributed by atoms with E-state index in [4.69, 9.17) is 27.9 Å². The van der Waals surface area contributed by atoms with E-state index < -0.39 is 5.54 Å². The van der Waals surface area contributed by atoms with Crippen LogP contribution in [0.4, 0.5) is 5.69 Å². The average molecular weight is 579 g/mol. The number of likely N-dealkylation sites (tertiary alicyclic amines) is 1. The smallest absolute Gasteiger partial charge is 0.249 e. The molecule has 0 radical (unpaired) electrons. The molecular weight excluding hydrogens is 537 g/mol. The number of hydrogen-bond acceptors (Lipinski definition) is 6. The van der Waals surface area contributed by atoms with E-state index in [1.54, 1.807) is 7.11 Å². The zero-order chi connectivity index (χ0) is 28.3. The van der Waals surface area contributed by atoms with Crippen molar-refractivity contribution in [3.05, 3.63) is 63.6 Å². The van der Waals surface area contributed by atoms with Crippen molar-refractivity contribution in [3.8, 4) is 0 Å². The van der Waals surface area contributed by atoms with E-state index in [1.165, 1.54) is 13.5 Å². The molecule has 3 heterocycles. The van der Waals surface area contributed by atoms with E-state index >= 15 is 0 Å². The number of benzene rings is 2. The minimum Gasteiger partial charge on any atom is -0.383 e. The molecule has 2 saturated heterocycles. The van der Waals surface area contributed by atoms with Crippen molar-refractivity contribution >= 4 is 41.2 Å². The fraction of sp³-hybridized carbons (Fsp3) is 0.517. The van der Waals surface area contributed by atoms with E-state index in [1.807, 2.05) is 47.4 Å². The first-order chi connectivity index (χ1) is 19.0. The number of rotatable bonds is 7. The minimum atomic E-state index is -0.689. The molecule has 0 spiro atoms. The van der Waals surface area contributed by atoms with E-state index in [0.29, 0.717) is 16.5 Å². The maximum atomic E-state index is 13.2. The van der Waals surface area contributed by atoms with Crippen molar-refractivity contribution in [1.82, 2.24) is 14.7 Å². The van der Waals surface area contributed by atoms with E-state index in [0.717, 1.165) is 88.5 Å². The summed E-state index contributed by atoms with van der Waals surface area (Å²) in [6.45, 7) is 7.26. The van der Waals surface area contributed by atoms with Gasteiger partial charge in [-0.15, -0.1) is 0 Å². The molecule has 0 saturated carbocycles. The second kappa shape index (κ2) is 15.6. The average Bonchev–Trinajstić information content (AvgIpc) is 3.24. The van der Waals surface area contributed by atoms with Gasteiger partial charge in [0.25, 0.3) is 0 Å². The standard InChI is InChI=1S/C20H20Cl2N2O.C8H16N2O2.CH5N/c21-15-6-4-5-14(11-15)13-20(24-9-2-1-3-10-24)17-8-7-16(22)12-18(17)23-19(20)25;1-12-7-6-9-2-4-10(8-11)5-3-9;1-2/h4-8,11-12H,1-3,9-10,13H2,(H,23,25);8H,2-7H2,1H3;2H2,1H3. The molecule has 0 bridgehead atoms. The third kappa shape index (κ3) is 7.93. The number of fused-ring (bicyclic) bond motifs is 1. The van der Waals surface area contributed by atoms with E-state index in [-0.39, 0.29) is 5.91 Å². The quantitative estimate of drug-likeness (QED) is 0.486. The first kappa shape index (κ1) is 31.3. The number of ether oxygens (including phenoxy) is 1. The summed E-state index contributed by atoms with van der Waals surface area (Å²) in [6.07, 6.45) is 4.99. The number of nitrogens with zero attached hydrogens (tertiary/aromatic N) is 3. The number of nitrogens with two attached hydrogens (primary N) is 1. The molecule has 3 aliphatic heterocycles. The van der Waals surface area contributed by atoms with Crippen LogP contribution >= 0.6 is 23.2 Å². The van der Waals surface area contributed by atoms with Crippen LogP contribution in [0, 0.1) is 0 Å². The van der Waals surface area contributed by atoms with Crippen molar-refractivity contribution in [1.29, 1.82) is 0 Å². The molecule has 0 aliphatic carbocycles. The Labute approximate surface area is 242 Å². The summed E-state index contributed by atoms with van der Waals surface area (Å²) < 4.78 is 4.97. The summed E-state index contributed by atoms with van der Waals surface area (Å²) in [6, 6.07) is 13.5. The summed E-state index contributed by atoms with van der Waals surface area (Å²) >= 11 is 12.3. The maximum Gasteiger partial charge on any atom is 0.249 e. The van der Waals surface area contributed by atoms with Gasteiger partial charge in [0.05, 0.1) is 6.61 Å². The lowest BCUT2D eigenvalue weighted by Crippen LogP contribution is -2.54. The molecule has 3 aliphatic rings. The number of carbonyl (C=O) groups is 2. The summed E-state index contributed by atoms with van der Waals surface area (Å²) in [5.41, 5.74) is 6.72. The van der Waals surface area contributed by atoms with Crippen molar-refractivity contribution in [2.24, 2.45) is 5.73 Å². The van der Waals surface area contributed by atoms with Gasteiger partial charge in [-0.05, 0) is 62.8 Å². The molecule has 10 heteroatoms. The molecule has 2 aromatic carbocycles. The van der Waals surface area contributed by atoms with Crippen LogP contribution in [0.2, 0.25) is 10.0 Å². The first-order valence-electron chi connectivity index (χ1n) is 13.6. The Balaban J connectivity index is 0.000000253. The molecule has 2 amide bonds. The highest BCUT2D eigenvalue weighted by molar-refractivity contribution is 6.31. The van der Waals surface area contributed by atoms with Gasteiger partial charge in [0.15, 0.2) is 0 Å². The maximum absolute atomic E-state index is 13.2. The molecule has 39 heavy (non-hydrogen) atoms. The van der Waals surface area contributed by atoms with Gasteiger partial charge in [0.1, 0.15) is 5.54 Å². The monoisotopic (exact) mass is 577 g/mol. The number of amides is 2. The third-order valence-corrected chi connectivity index (χ3v) is 7.93. The summed E-state index contributed by atoms with van der Waals surface area (Å²) in [4.78, 5) is 30.0. The zero-order valence-corrected chi connectivity index (χ0v) is 24.5. The first-order valence-corrected chi connectivity index (χ1v) is 14.3. The van der Waals surface area contributed by atoms with Crippen molar-refractivity contribution in [3.63, 3.8) is 0 Å². The Kier molecular flexibility index (Phi) is 12.5. The lowest BCUT2D eigenvalue weighted by Gasteiger charge is -2.42. The highest BCUT2D eigenvalue weighted by atomic mass is 35.5. The Bertz CT molecular complexity index is 1070. The Morgan fingerprint density at radius 2 is 1.67 bits per heavy atom. The fourth-order valence-electron chi connectivity index (χ4n) is 5.46. The van der Waals surface area contributed by atoms with Crippen LogP contribution in [0.3, 0.4) is 0 Å². The van der Waals surface area contributed by atoms with Crippen LogP contribution in [0.25, 0.3) is 0 Å². The molecular formula is C29H41Cl2N5O3. The van der Waals surface area contributed by atoms with Gasteiger partial charge in [-0.25, -0.2) is 0 Å². The van der Waals surface area contributed by atoms with Crippen molar-refractivity contribution in [2.45, 2.75) is 31.2 Å². The molecule has 2 aromatic rings. The minimum absolute atomic E-state index is 0.0339. The lowest BCUT2D eigenvalue weighted by molar-refractivity contribution is -0.128. The van der Waals surface area contributed by atoms with Gasteiger partial charge in [0.2, 0.25) is 12.3 Å². The van der Waals surface area contributed by atoms with Crippen LogP contribution < -0.4 is 11.1 Å². The Morgan fingerprint density at radius 3 is 2.31 bits per heavy atom. The van der Waals surface area contributed by atoms with Crippen LogP contribution in [0.1, 0.15) is 30.4 Å². The van der Waals surface area contributed by atoms with Gasteiger partial charge in [-0.2, -0.15) is 0 Å². The summed E-state index contributed by atoms with van der Waals surface area (Å²) in [5.74, 6) is 0.0339. The molecule has 1 unspecified atom stereocenters. The van der Waals surface area contributed by atoms with Crippen LogP contribution in [0.5, 0.6) is 0 Å². The molecule has 2 fully saturated rings. The van der Waals surface area contributed by atoms with Crippen LogP contribution in [0.15, 0.2) is 42.5 Å².